The molecule has 1 atom stereocenters. The molecule has 9 nitrogen and oxygen atoms in total. The van der Waals surface area contributed by atoms with Gasteiger partial charge in [-0.15, -0.1) is 0 Å². The average molecular weight is 401 g/mol. The molecule has 0 saturated heterocycles. The first-order valence-electron chi connectivity index (χ1n) is 8.95. The summed E-state index contributed by atoms with van der Waals surface area (Å²) in [6, 6.07) is 9.71. The number of carbonyl (C=O) groups is 1. The van der Waals surface area contributed by atoms with Gasteiger partial charge in [-0.3, -0.25) is 14.9 Å². The number of benzene rings is 2. The topological polar surface area (TPSA) is 123 Å². The lowest BCUT2D eigenvalue weighted by Gasteiger charge is -2.10. The molecule has 2 rings (SSSR count). The first kappa shape index (κ1) is 21.7. The molecule has 0 aliphatic rings. The van der Waals surface area contributed by atoms with Gasteiger partial charge in [0.25, 0.3) is 11.6 Å². The number of nitrogens with zero attached hydrogens (tertiary/aromatic N) is 2. The van der Waals surface area contributed by atoms with Gasteiger partial charge in [-0.2, -0.15) is 5.10 Å². The van der Waals surface area contributed by atoms with E-state index >= 15 is 0 Å². The number of carbonyl (C=O) groups excluding carboxylic acids is 1. The molecule has 0 saturated carbocycles. The second-order valence-electron chi connectivity index (χ2n) is 6.30. The predicted molar refractivity (Wildman–Crippen MR) is 108 cm³/mol. The second kappa shape index (κ2) is 10.1. The summed E-state index contributed by atoms with van der Waals surface area (Å²) in [4.78, 5) is 22.2. The third-order valence-corrected chi connectivity index (χ3v) is 4.34. The molecule has 0 heterocycles. The van der Waals surface area contributed by atoms with Gasteiger partial charge in [-0.05, 0) is 30.0 Å². The van der Waals surface area contributed by atoms with E-state index in [-0.39, 0.29) is 29.4 Å². The van der Waals surface area contributed by atoms with Crippen LogP contribution in [-0.2, 0) is 4.79 Å². The fourth-order valence-corrected chi connectivity index (χ4v) is 2.46. The van der Waals surface area contributed by atoms with E-state index in [0.29, 0.717) is 11.7 Å². The molecule has 2 N–H and O–H groups in total. The standard InChI is InChI=1S/C20H23N3O6/c1-4-13(2)14-5-7-17(8-6-14)29-12-19(24)22-21-11-15-9-16(23(26)27)10-18(28-3)20(15)25/h5-11,13,25H,4,12H2,1-3H3,(H,22,24)/b21-11-/t13-/m1/s1. The maximum Gasteiger partial charge on any atom is 0.277 e. The maximum atomic E-state index is 11.9. The van der Waals surface area contributed by atoms with Crippen molar-refractivity contribution in [1.29, 1.82) is 0 Å². The van der Waals surface area contributed by atoms with Crippen molar-refractivity contribution in [3.05, 3.63) is 57.6 Å². The Balaban J connectivity index is 1.94. The fraction of sp³-hybridized carbons (Fsp3) is 0.300. The van der Waals surface area contributed by atoms with Crippen molar-refractivity contribution < 1.29 is 24.3 Å². The Hall–Kier alpha value is -3.62. The van der Waals surface area contributed by atoms with Crippen molar-refractivity contribution in [2.24, 2.45) is 5.10 Å². The molecule has 0 aromatic heterocycles. The molecule has 0 unspecified atom stereocenters. The quantitative estimate of drug-likeness (QED) is 0.377. The van der Waals surface area contributed by atoms with Gasteiger partial charge in [0.2, 0.25) is 0 Å². The van der Waals surface area contributed by atoms with Gasteiger partial charge in [0.05, 0.1) is 24.3 Å². The van der Waals surface area contributed by atoms with Crippen LogP contribution in [0.5, 0.6) is 17.2 Å². The molecule has 9 heteroatoms. The number of nitrogens with one attached hydrogen (secondary N) is 1. The van der Waals surface area contributed by atoms with Crippen LogP contribution in [0.25, 0.3) is 0 Å². The van der Waals surface area contributed by atoms with Crippen LogP contribution in [0.15, 0.2) is 41.5 Å². The molecule has 0 radical (unpaired) electrons. The molecular formula is C20H23N3O6. The number of nitro benzene ring substituents is 1. The fourth-order valence-electron chi connectivity index (χ4n) is 2.46. The Bertz CT molecular complexity index is 896. The van der Waals surface area contributed by atoms with Crippen molar-refractivity contribution in [2.45, 2.75) is 26.2 Å². The van der Waals surface area contributed by atoms with Crippen LogP contribution in [0.1, 0.15) is 37.3 Å². The zero-order chi connectivity index (χ0) is 21.4. The molecule has 0 fully saturated rings. The van der Waals surface area contributed by atoms with Gasteiger partial charge in [-0.25, -0.2) is 5.43 Å². The summed E-state index contributed by atoms with van der Waals surface area (Å²) >= 11 is 0. The van der Waals surface area contributed by atoms with E-state index in [0.717, 1.165) is 24.8 Å². The van der Waals surface area contributed by atoms with Gasteiger partial charge >= 0.3 is 0 Å². The first-order chi connectivity index (χ1) is 13.8. The zero-order valence-electron chi connectivity index (χ0n) is 16.4. The number of nitro groups is 1. The third kappa shape index (κ3) is 5.93. The van der Waals surface area contributed by atoms with E-state index in [1.165, 1.54) is 12.7 Å². The molecule has 0 aliphatic carbocycles. The molecular weight excluding hydrogens is 378 g/mol. The summed E-state index contributed by atoms with van der Waals surface area (Å²) < 4.78 is 10.3. The Labute approximate surface area is 168 Å². The van der Waals surface area contributed by atoms with Crippen molar-refractivity contribution in [3.63, 3.8) is 0 Å². The van der Waals surface area contributed by atoms with Crippen LogP contribution >= 0.6 is 0 Å². The number of rotatable bonds is 9. The number of hydrazone groups is 1. The van der Waals surface area contributed by atoms with Crippen LogP contribution < -0.4 is 14.9 Å². The number of amides is 1. The molecule has 0 spiro atoms. The van der Waals surface area contributed by atoms with Gasteiger partial charge in [0.1, 0.15) is 5.75 Å². The number of hydrogen-bond acceptors (Lipinski definition) is 7. The van der Waals surface area contributed by atoms with E-state index in [2.05, 4.69) is 24.4 Å². The molecule has 2 aromatic rings. The monoisotopic (exact) mass is 401 g/mol. The summed E-state index contributed by atoms with van der Waals surface area (Å²) in [5.41, 5.74) is 3.18. The molecule has 0 bridgehead atoms. The molecule has 29 heavy (non-hydrogen) atoms. The van der Waals surface area contributed by atoms with Crippen LogP contribution in [0.2, 0.25) is 0 Å². The van der Waals surface area contributed by atoms with E-state index in [9.17, 15) is 20.0 Å². The molecule has 2 aromatic carbocycles. The number of ether oxygens (including phenoxy) is 2. The van der Waals surface area contributed by atoms with Gasteiger partial charge < -0.3 is 14.6 Å². The second-order valence-corrected chi connectivity index (χ2v) is 6.30. The largest absolute Gasteiger partial charge is 0.504 e. The van der Waals surface area contributed by atoms with Gasteiger partial charge in [-0.1, -0.05) is 26.0 Å². The summed E-state index contributed by atoms with van der Waals surface area (Å²) in [5.74, 6) is 0.0804. The number of methoxy groups -OCH3 is 1. The normalized spacial score (nSPS) is 11.8. The zero-order valence-corrected chi connectivity index (χ0v) is 16.4. The van der Waals surface area contributed by atoms with Crippen molar-refractivity contribution in [3.8, 4) is 17.2 Å². The predicted octanol–water partition coefficient (Wildman–Crippen LogP) is 3.35. The Morgan fingerprint density at radius 3 is 2.62 bits per heavy atom. The smallest absolute Gasteiger partial charge is 0.277 e. The van der Waals surface area contributed by atoms with Crippen LogP contribution in [0, 0.1) is 10.1 Å². The lowest BCUT2D eigenvalue weighted by Crippen LogP contribution is -2.24. The third-order valence-electron chi connectivity index (χ3n) is 4.34. The van der Waals surface area contributed by atoms with E-state index in [1.807, 2.05) is 12.1 Å². The Morgan fingerprint density at radius 1 is 1.34 bits per heavy atom. The highest BCUT2D eigenvalue weighted by Crippen LogP contribution is 2.33. The number of phenols is 1. The Morgan fingerprint density at radius 2 is 2.03 bits per heavy atom. The van der Waals surface area contributed by atoms with Gasteiger partial charge in [0, 0.05) is 11.6 Å². The van der Waals surface area contributed by atoms with Crippen LogP contribution in [0.4, 0.5) is 5.69 Å². The number of phenolic OH excluding ortho intramolecular Hbond substituents is 1. The lowest BCUT2D eigenvalue weighted by atomic mass is 9.99. The minimum Gasteiger partial charge on any atom is -0.504 e. The number of hydrogen-bond donors (Lipinski definition) is 2. The highest BCUT2D eigenvalue weighted by atomic mass is 16.6. The van der Waals surface area contributed by atoms with E-state index in [4.69, 9.17) is 9.47 Å². The van der Waals surface area contributed by atoms with Gasteiger partial charge in [0.15, 0.2) is 18.1 Å². The Kier molecular flexibility index (Phi) is 7.53. The minimum atomic E-state index is -0.627. The molecule has 1 amide bonds. The van der Waals surface area contributed by atoms with E-state index in [1.54, 1.807) is 12.1 Å². The van der Waals surface area contributed by atoms with Crippen LogP contribution in [0.3, 0.4) is 0 Å². The molecule has 0 aliphatic heterocycles. The first-order valence-corrected chi connectivity index (χ1v) is 8.95. The summed E-state index contributed by atoms with van der Waals surface area (Å²) in [7, 11) is 1.27. The van der Waals surface area contributed by atoms with Crippen LogP contribution in [-0.4, -0.2) is 35.9 Å². The van der Waals surface area contributed by atoms with Crippen molar-refractivity contribution >= 4 is 17.8 Å². The maximum absolute atomic E-state index is 11.9. The number of aromatic hydroxyl groups is 1. The highest BCUT2D eigenvalue weighted by Gasteiger charge is 2.15. The summed E-state index contributed by atoms with van der Waals surface area (Å²) in [6.45, 7) is 3.99. The summed E-state index contributed by atoms with van der Waals surface area (Å²) in [6.07, 6.45) is 2.12. The van der Waals surface area contributed by atoms with Crippen molar-refractivity contribution in [2.75, 3.05) is 13.7 Å². The minimum absolute atomic E-state index is 0.0258. The molecule has 154 valence electrons. The highest BCUT2D eigenvalue weighted by molar-refractivity contribution is 5.87. The van der Waals surface area contributed by atoms with Crippen molar-refractivity contribution in [1.82, 2.24) is 5.43 Å². The van der Waals surface area contributed by atoms with E-state index < -0.39 is 10.8 Å². The SMILES string of the molecule is CC[C@@H](C)c1ccc(OCC(=O)N/N=C\c2cc([N+](=O)[O-])cc(OC)c2O)cc1. The average Bonchev–Trinajstić information content (AvgIpc) is 2.73. The summed E-state index contributed by atoms with van der Waals surface area (Å²) in [5, 5.41) is 24.7. The number of non-ortho nitro benzene ring substituents is 1. The lowest BCUT2D eigenvalue weighted by molar-refractivity contribution is -0.385.